The van der Waals surface area contributed by atoms with Gasteiger partial charge in [-0.15, -0.1) is 11.3 Å². The maximum absolute atomic E-state index is 15.5. The lowest BCUT2D eigenvalue weighted by atomic mass is 9.61. The number of hydrogen-bond donors (Lipinski definition) is 3. The number of carboxylic acid groups (broad SMARTS) is 1. The Labute approximate surface area is 186 Å². The quantitative estimate of drug-likeness (QED) is 0.353. The van der Waals surface area contributed by atoms with Gasteiger partial charge in [-0.2, -0.15) is 0 Å². The smallest absolute Gasteiger partial charge is 0.308 e. The zero-order chi connectivity index (χ0) is 22.0. The summed E-state index contributed by atoms with van der Waals surface area (Å²) in [5.41, 5.74) is 2.35. The molecule has 2 bridgehead atoms. The molecule has 3 N–H and O–H groups in total. The fraction of sp³-hybridized carbons (Fsp3) is 0.333. The van der Waals surface area contributed by atoms with E-state index in [1.54, 1.807) is 12.3 Å². The minimum atomic E-state index is -0.812. The Kier molecular flexibility index (Phi) is 4.47. The van der Waals surface area contributed by atoms with Crippen molar-refractivity contribution in [2.24, 2.45) is 17.8 Å². The predicted octanol–water partition coefficient (Wildman–Crippen LogP) is 6.02. The summed E-state index contributed by atoms with van der Waals surface area (Å²) in [5.74, 6) is -1.79. The molecule has 0 amide bonds. The Balaban J connectivity index is 1.49. The molecule has 3 saturated carbocycles. The lowest BCUT2D eigenvalue weighted by Crippen LogP contribution is -2.51. The molecule has 0 aliphatic heterocycles. The molecule has 3 fully saturated rings. The van der Waals surface area contributed by atoms with Crippen molar-refractivity contribution in [1.82, 2.24) is 9.97 Å². The van der Waals surface area contributed by atoms with Gasteiger partial charge in [0.15, 0.2) is 5.82 Å². The molecule has 7 rings (SSSR count). The number of fused-ring (bicyclic) bond motifs is 5. The van der Waals surface area contributed by atoms with E-state index in [-0.39, 0.29) is 23.7 Å². The maximum Gasteiger partial charge on any atom is 0.308 e. The minimum absolute atomic E-state index is 0.130. The predicted molar refractivity (Wildman–Crippen MR) is 121 cm³/mol. The number of benzene rings is 1. The SMILES string of the molecule is O=C(O)[C@@H]1C(Nc2cc(-c3c[nH]c4ncc(F)cc34)c3ccsc3c2F)[C@H]2CC[C@@H]1CC2. The number of anilines is 1. The molecule has 3 aromatic heterocycles. The van der Waals surface area contributed by atoms with Gasteiger partial charge in [-0.3, -0.25) is 4.79 Å². The second-order valence-corrected chi connectivity index (χ2v) is 9.83. The van der Waals surface area contributed by atoms with Gasteiger partial charge in [-0.1, -0.05) is 0 Å². The van der Waals surface area contributed by atoms with Crippen LogP contribution in [0, 0.1) is 29.4 Å². The summed E-state index contributed by atoms with van der Waals surface area (Å²) in [6.45, 7) is 0. The molecule has 5 nitrogen and oxygen atoms in total. The van der Waals surface area contributed by atoms with Crippen molar-refractivity contribution in [2.45, 2.75) is 31.7 Å². The average molecular weight is 454 g/mol. The summed E-state index contributed by atoms with van der Waals surface area (Å²) in [6, 6.07) is 4.71. The van der Waals surface area contributed by atoms with E-state index in [2.05, 4.69) is 15.3 Å². The number of aliphatic carboxylic acids is 1. The highest BCUT2D eigenvalue weighted by atomic mass is 32.1. The zero-order valence-electron chi connectivity index (χ0n) is 17.1. The third-order valence-corrected chi connectivity index (χ3v) is 8.20. The van der Waals surface area contributed by atoms with E-state index in [1.165, 1.54) is 17.4 Å². The number of nitrogens with zero attached hydrogens (tertiary/aromatic N) is 1. The monoisotopic (exact) mass is 453 g/mol. The molecule has 0 spiro atoms. The highest BCUT2D eigenvalue weighted by Crippen LogP contribution is 2.47. The van der Waals surface area contributed by atoms with E-state index in [1.807, 2.05) is 11.4 Å². The first-order valence-electron chi connectivity index (χ1n) is 10.8. The van der Waals surface area contributed by atoms with E-state index in [4.69, 9.17) is 0 Å². The van der Waals surface area contributed by atoms with Gasteiger partial charge in [0.25, 0.3) is 0 Å². The van der Waals surface area contributed by atoms with Crippen molar-refractivity contribution >= 4 is 44.1 Å². The Morgan fingerprint density at radius 1 is 1.12 bits per heavy atom. The Bertz CT molecular complexity index is 1360. The molecule has 3 heterocycles. The second-order valence-electron chi connectivity index (χ2n) is 8.91. The van der Waals surface area contributed by atoms with Gasteiger partial charge in [0.2, 0.25) is 0 Å². The van der Waals surface area contributed by atoms with E-state index < -0.39 is 17.7 Å². The van der Waals surface area contributed by atoms with E-state index in [0.29, 0.717) is 21.4 Å². The van der Waals surface area contributed by atoms with Crippen LogP contribution in [0.15, 0.2) is 36.0 Å². The van der Waals surface area contributed by atoms with Crippen LogP contribution in [0.2, 0.25) is 0 Å². The molecule has 0 saturated heterocycles. The number of pyridine rings is 1. The number of nitrogens with one attached hydrogen (secondary N) is 2. The van der Waals surface area contributed by atoms with Crippen molar-refractivity contribution in [2.75, 3.05) is 5.32 Å². The third kappa shape index (κ3) is 2.92. The van der Waals surface area contributed by atoms with Crippen LogP contribution in [0.4, 0.5) is 14.5 Å². The molecule has 164 valence electrons. The third-order valence-electron chi connectivity index (χ3n) is 7.29. The van der Waals surface area contributed by atoms with Crippen molar-refractivity contribution in [1.29, 1.82) is 0 Å². The topological polar surface area (TPSA) is 78.0 Å². The summed E-state index contributed by atoms with van der Waals surface area (Å²) in [6.07, 6.45) is 6.69. The Hall–Kier alpha value is -3.00. The standard InChI is InChI=1S/C24H21F2N3O2S/c25-13-7-16-17(10-28-23(16)27-9-13)15-8-18(20(26)22-14(15)5-6-32-22)29-21-12-3-1-11(2-4-12)19(21)24(30)31/h5-12,19,21,29H,1-4H2,(H,27,28)(H,30,31)/t11-,12+,19-,21?/m0/s1. The molecular formula is C24H21F2N3O2S. The molecule has 8 heteroatoms. The van der Waals surface area contributed by atoms with Crippen molar-refractivity contribution in [3.8, 4) is 11.1 Å². The van der Waals surface area contributed by atoms with E-state index in [0.717, 1.165) is 48.4 Å². The first-order chi connectivity index (χ1) is 15.5. The van der Waals surface area contributed by atoms with E-state index >= 15 is 4.39 Å². The van der Waals surface area contributed by atoms with Crippen LogP contribution >= 0.6 is 11.3 Å². The number of hydrogen-bond acceptors (Lipinski definition) is 4. The molecule has 0 radical (unpaired) electrons. The largest absolute Gasteiger partial charge is 0.481 e. The highest BCUT2D eigenvalue weighted by molar-refractivity contribution is 7.17. The van der Waals surface area contributed by atoms with Gasteiger partial charge >= 0.3 is 5.97 Å². The molecule has 3 aliphatic carbocycles. The lowest BCUT2D eigenvalue weighted by Gasteiger charge is -2.47. The fourth-order valence-electron chi connectivity index (χ4n) is 5.82. The van der Waals surface area contributed by atoms with Crippen LogP contribution in [0.25, 0.3) is 32.2 Å². The first-order valence-corrected chi connectivity index (χ1v) is 11.7. The number of halogens is 2. The van der Waals surface area contributed by atoms with Crippen LogP contribution in [0.3, 0.4) is 0 Å². The number of carbonyl (C=O) groups is 1. The summed E-state index contributed by atoms with van der Waals surface area (Å²) in [7, 11) is 0. The Morgan fingerprint density at radius 2 is 1.91 bits per heavy atom. The molecule has 32 heavy (non-hydrogen) atoms. The van der Waals surface area contributed by atoms with Crippen molar-refractivity contribution in [3.05, 3.63) is 47.6 Å². The molecule has 3 aliphatic rings. The second kappa shape index (κ2) is 7.27. The van der Waals surface area contributed by atoms with Crippen molar-refractivity contribution in [3.63, 3.8) is 0 Å². The summed E-state index contributed by atoms with van der Waals surface area (Å²) in [5, 5.41) is 16.4. The maximum atomic E-state index is 15.5. The number of aromatic nitrogens is 2. The molecule has 4 aromatic rings. The van der Waals surface area contributed by atoms with Crippen LogP contribution < -0.4 is 5.32 Å². The summed E-state index contributed by atoms with van der Waals surface area (Å²) in [4.78, 5) is 19.2. The summed E-state index contributed by atoms with van der Waals surface area (Å²) >= 11 is 1.30. The minimum Gasteiger partial charge on any atom is -0.481 e. The van der Waals surface area contributed by atoms with Crippen LogP contribution in [0.1, 0.15) is 25.7 Å². The van der Waals surface area contributed by atoms with Crippen LogP contribution in [-0.4, -0.2) is 27.1 Å². The van der Waals surface area contributed by atoms with Gasteiger partial charge in [-0.25, -0.2) is 13.8 Å². The number of aromatic amines is 1. The molecule has 2 atom stereocenters. The zero-order valence-corrected chi connectivity index (χ0v) is 17.9. The first kappa shape index (κ1) is 19.7. The van der Waals surface area contributed by atoms with Gasteiger partial charge < -0.3 is 15.4 Å². The number of carboxylic acids is 1. The molecule has 1 unspecified atom stereocenters. The number of H-pyrrole nitrogens is 1. The lowest BCUT2D eigenvalue weighted by molar-refractivity contribution is -0.148. The van der Waals surface area contributed by atoms with Gasteiger partial charge in [0.05, 0.1) is 22.5 Å². The van der Waals surface area contributed by atoms with Gasteiger partial charge in [-0.05, 0) is 66.7 Å². The normalized spacial score (nSPS) is 24.9. The molecular weight excluding hydrogens is 432 g/mol. The van der Waals surface area contributed by atoms with Gasteiger partial charge in [0, 0.05) is 28.6 Å². The Morgan fingerprint density at radius 3 is 2.69 bits per heavy atom. The molecule has 1 aromatic carbocycles. The summed E-state index contributed by atoms with van der Waals surface area (Å²) < 4.78 is 30.0. The van der Waals surface area contributed by atoms with E-state index in [9.17, 15) is 14.3 Å². The van der Waals surface area contributed by atoms with Gasteiger partial charge in [0.1, 0.15) is 11.5 Å². The number of thiophene rings is 1. The average Bonchev–Trinajstić information content (AvgIpc) is 3.44. The van der Waals surface area contributed by atoms with Crippen LogP contribution in [0.5, 0.6) is 0 Å². The van der Waals surface area contributed by atoms with Crippen LogP contribution in [-0.2, 0) is 4.79 Å². The number of rotatable bonds is 4. The highest BCUT2D eigenvalue weighted by Gasteiger charge is 2.47. The fourth-order valence-corrected chi connectivity index (χ4v) is 6.68. The van der Waals surface area contributed by atoms with Crippen molar-refractivity contribution < 1.29 is 18.7 Å².